The van der Waals surface area contributed by atoms with E-state index in [-0.39, 0.29) is 11.7 Å². The molecule has 0 atom stereocenters. The van der Waals surface area contributed by atoms with Crippen LogP contribution < -0.4 is 5.32 Å². The molecule has 0 aliphatic carbocycles. The summed E-state index contributed by atoms with van der Waals surface area (Å²) in [4.78, 5) is 12.2. The fourth-order valence-electron chi connectivity index (χ4n) is 2.16. The van der Waals surface area contributed by atoms with Gasteiger partial charge in [0, 0.05) is 19.4 Å². The molecule has 3 aromatic rings. The van der Waals surface area contributed by atoms with Gasteiger partial charge in [-0.2, -0.15) is 10.2 Å². The van der Waals surface area contributed by atoms with Crippen molar-refractivity contribution in [3.8, 4) is 0 Å². The summed E-state index contributed by atoms with van der Waals surface area (Å²) in [6.07, 6.45) is 3.17. The zero-order chi connectivity index (χ0) is 17.3. The van der Waals surface area contributed by atoms with Gasteiger partial charge in [0.1, 0.15) is 10.7 Å². The zero-order valence-electron chi connectivity index (χ0n) is 12.5. The molecule has 124 valence electrons. The second-order valence-corrected chi connectivity index (χ2v) is 6.29. The number of nitrogens with one attached hydrogen (secondary N) is 1. The number of carbonyl (C=O) groups is 1. The maximum Gasteiger partial charge on any atom is 0.275 e. The number of carbonyl (C=O) groups excluding carboxylic acids is 1. The Morgan fingerprint density at radius 1 is 1.17 bits per heavy atom. The summed E-state index contributed by atoms with van der Waals surface area (Å²) in [5, 5.41) is 12.2. The fourth-order valence-corrected chi connectivity index (χ4v) is 2.67. The molecule has 2 heterocycles. The van der Waals surface area contributed by atoms with Crippen molar-refractivity contribution in [2.75, 3.05) is 5.32 Å². The molecule has 0 saturated carbocycles. The molecule has 3 rings (SSSR count). The van der Waals surface area contributed by atoms with E-state index in [9.17, 15) is 4.79 Å². The summed E-state index contributed by atoms with van der Waals surface area (Å²) in [5.74, 6) is -0.0559. The largest absolute Gasteiger partial charge is 0.302 e. The van der Waals surface area contributed by atoms with E-state index in [0.717, 1.165) is 5.56 Å². The number of aryl methyl sites for hydroxylation is 1. The van der Waals surface area contributed by atoms with Crippen molar-refractivity contribution >= 4 is 46.5 Å². The molecule has 1 N–H and O–H groups in total. The Balaban J connectivity index is 1.76. The first-order valence-corrected chi connectivity index (χ1v) is 8.03. The average molecular weight is 385 g/mol. The fraction of sp³-hybridized carbons (Fsp3) is 0.133. The van der Waals surface area contributed by atoms with Gasteiger partial charge >= 0.3 is 0 Å². The molecular weight excluding hydrogens is 373 g/mol. The van der Waals surface area contributed by atoms with Crippen molar-refractivity contribution < 1.29 is 4.79 Å². The summed E-state index contributed by atoms with van der Waals surface area (Å²) in [7, 11) is 1.68. The first kappa shape index (κ1) is 16.8. The van der Waals surface area contributed by atoms with Gasteiger partial charge in [0.05, 0.1) is 16.6 Å². The van der Waals surface area contributed by atoms with E-state index < -0.39 is 0 Å². The third-order valence-corrected chi connectivity index (χ3v) is 4.35. The highest BCUT2D eigenvalue weighted by atomic mass is 35.5. The van der Waals surface area contributed by atoms with Crippen molar-refractivity contribution in [3.63, 3.8) is 0 Å². The number of halogens is 3. The lowest BCUT2D eigenvalue weighted by Gasteiger charge is -2.04. The number of hydrogen-bond acceptors (Lipinski definition) is 3. The number of nitrogens with zero attached hydrogens (tertiary/aromatic N) is 4. The van der Waals surface area contributed by atoms with Crippen LogP contribution in [0.25, 0.3) is 0 Å². The predicted octanol–water partition coefficient (Wildman–Crippen LogP) is 3.88. The van der Waals surface area contributed by atoms with Gasteiger partial charge < -0.3 is 5.32 Å². The number of hydrogen-bond donors (Lipinski definition) is 1. The molecule has 0 saturated heterocycles. The Morgan fingerprint density at radius 2 is 1.96 bits per heavy atom. The van der Waals surface area contributed by atoms with Crippen LogP contribution in [0.5, 0.6) is 0 Å². The van der Waals surface area contributed by atoms with Crippen LogP contribution >= 0.6 is 34.8 Å². The SMILES string of the molecule is Cn1nccc1C(=O)Nc1nn(Cc2ccc(Cl)c(Cl)c2)cc1Cl. The van der Waals surface area contributed by atoms with E-state index in [0.29, 0.717) is 27.3 Å². The van der Waals surface area contributed by atoms with E-state index in [4.69, 9.17) is 34.8 Å². The Hall–Kier alpha value is -2.02. The third-order valence-electron chi connectivity index (χ3n) is 3.33. The van der Waals surface area contributed by atoms with Crippen molar-refractivity contribution in [1.82, 2.24) is 19.6 Å². The van der Waals surface area contributed by atoms with Gasteiger partial charge in [-0.3, -0.25) is 14.2 Å². The molecular formula is C15H12Cl3N5O. The summed E-state index contributed by atoms with van der Waals surface area (Å²) in [5.41, 5.74) is 1.32. The first-order valence-electron chi connectivity index (χ1n) is 6.90. The Morgan fingerprint density at radius 3 is 2.62 bits per heavy atom. The Bertz CT molecular complexity index is 902. The molecule has 0 aliphatic rings. The highest BCUT2D eigenvalue weighted by Gasteiger charge is 2.15. The molecule has 0 spiro atoms. The van der Waals surface area contributed by atoms with Crippen LogP contribution in [0.1, 0.15) is 16.1 Å². The van der Waals surface area contributed by atoms with Crippen LogP contribution in [0.4, 0.5) is 5.82 Å². The molecule has 9 heteroatoms. The number of amides is 1. The lowest BCUT2D eigenvalue weighted by atomic mass is 10.2. The summed E-state index contributed by atoms with van der Waals surface area (Å²) in [6.45, 7) is 0.443. The molecule has 0 aliphatic heterocycles. The van der Waals surface area contributed by atoms with Gasteiger partial charge in [-0.25, -0.2) is 0 Å². The Labute approximate surface area is 152 Å². The van der Waals surface area contributed by atoms with Crippen LogP contribution in [0.2, 0.25) is 15.1 Å². The molecule has 0 bridgehead atoms. The number of anilines is 1. The van der Waals surface area contributed by atoms with Gasteiger partial charge in [-0.1, -0.05) is 40.9 Å². The van der Waals surface area contributed by atoms with Gasteiger partial charge in [0.2, 0.25) is 0 Å². The lowest BCUT2D eigenvalue weighted by molar-refractivity contribution is 0.101. The van der Waals surface area contributed by atoms with E-state index >= 15 is 0 Å². The molecule has 24 heavy (non-hydrogen) atoms. The zero-order valence-corrected chi connectivity index (χ0v) is 14.8. The first-order chi connectivity index (χ1) is 11.4. The minimum Gasteiger partial charge on any atom is -0.302 e. The molecule has 0 fully saturated rings. The van der Waals surface area contributed by atoms with E-state index in [2.05, 4.69) is 15.5 Å². The van der Waals surface area contributed by atoms with E-state index in [1.807, 2.05) is 6.07 Å². The maximum atomic E-state index is 12.2. The van der Waals surface area contributed by atoms with E-state index in [1.165, 1.54) is 4.68 Å². The van der Waals surface area contributed by atoms with E-state index in [1.54, 1.807) is 42.3 Å². The molecule has 0 unspecified atom stereocenters. The molecule has 1 aromatic carbocycles. The second kappa shape index (κ2) is 6.84. The van der Waals surface area contributed by atoms with Crippen molar-refractivity contribution in [1.29, 1.82) is 0 Å². The van der Waals surface area contributed by atoms with Gasteiger partial charge in [-0.05, 0) is 23.8 Å². The molecule has 1 amide bonds. The minimum absolute atomic E-state index is 0.280. The van der Waals surface area contributed by atoms with Crippen LogP contribution in [-0.2, 0) is 13.6 Å². The molecule has 0 radical (unpaired) electrons. The Kier molecular flexibility index (Phi) is 4.80. The average Bonchev–Trinajstić information content (AvgIpc) is 3.09. The van der Waals surface area contributed by atoms with Crippen molar-refractivity contribution in [2.24, 2.45) is 7.05 Å². The predicted molar refractivity (Wildman–Crippen MR) is 94.0 cm³/mol. The highest BCUT2D eigenvalue weighted by molar-refractivity contribution is 6.42. The monoisotopic (exact) mass is 383 g/mol. The smallest absolute Gasteiger partial charge is 0.275 e. The molecule has 2 aromatic heterocycles. The number of benzene rings is 1. The topological polar surface area (TPSA) is 64.7 Å². The maximum absolute atomic E-state index is 12.2. The van der Waals surface area contributed by atoms with Crippen LogP contribution in [0.15, 0.2) is 36.7 Å². The molecule has 6 nitrogen and oxygen atoms in total. The van der Waals surface area contributed by atoms with Gasteiger partial charge in [-0.15, -0.1) is 0 Å². The van der Waals surface area contributed by atoms with Crippen LogP contribution in [0, 0.1) is 0 Å². The van der Waals surface area contributed by atoms with Crippen LogP contribution in [0.3, 0.4) is 0 Å². The lowest BCUT2D eigenvalue weighted by Crippen LogP contribution is -2.16. The van der Waals surface area contributed by atoms with Gasteiger partial charge in [0.15, 0.2) is 5.82 Å². The summed E-state index contributed by atoms with van der Waals surface area (Å²) < 4.78 is 3.08. The van der Waals surface area contributed by atoms with Crippen molar-refractivity contribution in [3.05, 3.63) is 63.0 Å². The quantitative estimate of drug-likeness (QED) is 0.742. The number of rotatable bonds is 4. The summed E-state index contributed by atoms with van der Waals surface area (Å²) in [6, 6.07) is 6.93. The standard InChI is InChI=1S/C15H12Cl3N5O/c1-22-13(4-5-19-22)15(24)20-14-12(18)8-23(21-14)7-9-2-3-10(16)11(17)6-9/h2-6,8H,7H2,1H3,(H,20,21,24). The highest BCUT2D eigenvalue weighted by Crippen LogP contribution is 2.24. The number of aromatic nitrogens is 4. The van der Waals surface area contributed by atoms with Gasteiger partial charge in [0.25, 0.3) is 5.91 Å². The minimum atomic E-state index is -0.336. The second-order valence-electron chi connectivity index (χ2n) is 5.07. The van der Waals surface area contributed by atoms with Crippen molar-refractivity contribution in [2.45, 2.75) is 6.54 Å². The third kappa shape index (κ3) is 3.56. The normalized spacial score (nSPS) is 10.8. The summed E-state index contributed by atoms with van der Waals surface area (Å²) >= 11 is 18.1. The van der Waals surface area contributed by atoms with Crippen LogP contribution in [-0.4, -0.2) is 25.5 Å².